The maximum Gasteiger partial charge on any atom is 0.107 e. The standard InChI is InChI=1S/C8H11NO2S/c1-12(11)6-8(10)7-4-2-3-5-9-7/h2-5,8,10H,6H2,1H3/t8-,12-/m1/s1. The van der Waals surface area contributed by atoms with Gasteiger partial charge in [-0.3, -0.25) is 9.19 Å². The molecule has 1 aromatic rings. The van der Waals surface area contributed by atoms with E-state index >= 15 is 0 Å². The van der Waals surface area contributed by atoms with Gasteiger partial charge in [-0.15, -0.1) is 0 Å². The monoisotopic (exact) mass is 185 g/mol. The SMILES string of the molecule is C[S@@](=O)C[C@@H](O)c1ccccn1. The Labute approximate surface area is 73.9 Å². The van der Waals surface area contributed by atoms with Gasteiger partial charge in [-0.25, -0.2) is 0 Å². The van der Waals surface area contributed by atoms with Crippen molar-refractivity contribution in [2.24, 2.45) is 0 Å². The molecule has 1 N–H and O–H groups in total. The summed E-state index contributed by atoms with van der Waals surface area (Å²) in [6.45, 7) is 0. The first kappa shape index (κ1) is 9.35. The van der Waals surface area contributed by atoms with Crippen LogP contribution < -0.4 is 0 Å². The van der Waals surface area contributed by atoms with Gasteiger partial charge in [-0.05, 0) is 12.1 Å². The lowest BCUT2D eigenvalue weighted by atomic mass is 10.2. The van der Waals surface area contributed by atoms with Crippen molar-refractivity contribution in [1.29, 1.82) is 0 Å². The quantitative estimate of drug-likeness (QED) is 0.745. The van der Waals surface area contributed by atoms with Crippen molar-refractivity contribution < 1.29 is 9.32 Å². The van der Waals surface area contributed by atoms with E-state index in [1.54, 1.807) is 30.7 Å². The number of hydrogen-bond acceptors (Lipinski definition) is 3. The number of rotatable bonds is 3. The van der Waals surface area contributed by atoms with Gasteiger partial charge < -0.3 is 5.11 Å². The van der Waals surface area contributed by atoms with E-state index in [4.69, 9.17) is 0 Å². The van der Waals surface area contributed by atoms with Crippen molar-refractivity contribution in [1.82, 2.24) is 4.98 Å². The van der Waals surface area contributed by atoms with Gasteiger partial charge in [0.25, 0.3) is 0 Å². The molecule has 0 saturated heterocycles. The maximum absolute atomic E-state index is 10.8. The second-order valence-electron chi connectivity index (χ2n) is 2.51. The Morgan fingerprint density at radius 2 is 2.42 bits per heavy atom. The Kier molecular flexibility index (Phi) is 3.37. The van der Waals surface area contributed by atoms with Crippen molar-refractivity contribution in [3.05, 3.63) is 30.1 Å². The second-order valence-corrected chi connectivity index (χ2v) is 3.99. The van der Waals surface area contributed by atoms with Gasteiger partial charge in [-0.1, -0.05) is 6.07 Å². The highest BCUT2D eigenvalue weighted by Gasteiger charge is 2.09. The molecule has 0 aliphatic rings. The van der Waals surface area contributed by atoms with Crippen LogP contribution in [-0.2, 0) is 10.8 Å². The molecule has 0 fully saturated rings. The van der Waals surface area contributed by atoms with Crippen LogP contribution in [0.3, 0.4) is 0 Å². The molecule has 0 aliphatic heterocycles. The first-order valence-corrected chi connectivity index (χ1v) is 5.32. The third-order valence-electron chi connectivity index (χ3n) is 1.42. The van der Waals surface area contributed by atoms with Gasteiger partial charge in [0.1, 0.15) is 6.10 Å². The first-order chi connectivity index (χ1) is 5.70. The van der Waals surface area contributed by atoms with E-state index in [0.717, 1.165) is 0 Å². The fraction of sp³-hybridized carbons (Fsp3) is 0.375. The van der Waals surface area contributed by atoms with Crippen LogP contribution in [0.4, 0.5) is 0 Å². The summed E-state index contributed by atoms with van der Waals surface area (Å²) >= 11 is 0. The maximum atomic E-state index is 10.8. The highest BCUT2D eigenvalue weighted by atomic mass is 32.2. The van der Waals surface area contributed by atoms with Crippen molar-refractivity contribution >= 4 is 10.8 Å². The number of aliphatic hydroxyl groups is 1. The third-order valence-corrected chi connectivity index (χ3v) is 2.21. The largest absolute Gasteiger partial charge is 0.386 e. The normalized spacial score (nSPS) is 15.5. The van der Waals surface area contributed by atoms with Gasteiger partial charge in [0.05, 0.1) is 11.4 Å². The molecule has 1 aromatic heterocycles. The van der Waals surface area contributed by atoms with E-state index < -0.39 is 16.9 Å². The summed E-state index contributed by atoms with van der Waals surface area (Å²) in [5.41, 5.74) is 0.577. The fourth-order valence-electron chi connectivity index (χ4n) is 0.881. The van der Waals surface area contributed by atoms with E-state index in [9.17, 15) is 9.32 Å². The van der Waals surface area contributed by atoms with Crippen LogP contribution in [0.1, 0.15) is 11.8 Å². The molecule has 1 heterocycles. The van der Waals surface area contributed by atoms with Crippen LogP contribution in [0, 0.1) is 0 Å². The van der Waals surface area contributed by atoms with E-state index in [0.29, 0.717) is 5.69 Å². The minimum Gasteiger partial charge on any atom is -0.386 e. The molecule has 2 atom stereocenters. The summed E-state index contributed by atoms with van der Waals surface area (Å²) in [5, 5.41) is 9.44. The number of aliphatic hydroxyl groups excluding tert-OH is 1. The summed E-state index contributed by atoms with van der Waals surface area (Å²) in [6, 6.07) is 5.29. The van der Waals surface area contributed by atoms with Gasteiger partial charge >= 0.3 is 0 Å². The summed E-state index contributed by atoms with van der Waals surface area (Å²) < 4.78 is 10.8. The number of pyridine rings is 1. The van der Waals surface area contributed by atoms with Crippen LogP contribution in [0.25, 0.3) is 0 Å². The highest BCUT2D eigenvalue weighted by Crippen LogP contribution is 2.08. The zero-order valence-electron chi connectivity index (χ0n) is 6.80. The second kappa shape index (κ2) is 4.33. The highest BCUT2D eigenvalue weighted by molar-refractivity contribution is 7.84. The van der Waals surface area contributed by atoms with Gasteiger partial charge in [0.15, 0.2) is 0 Å². The first-order valence-electron chi connectivity index (χ1n) is 3.59. The summed E-state index contributed by atoms with van der Waals surface area (Å²) in [5.74, 6) is 0.247. The zero-order chi connectivity index (χ0) is 8.97. The number of nitrogens with zero attached hydrogens (tertiary/aromatic N) is 1. The van der Waals surface area contributed by atoms with E-state index in [-0.39, 0.29) is 5.75 Å². The van der Waals surface area contributed by atoms with Crippen molar-refractivity contribution in [3.63, 3.8) is 0 Å². The molecule has 0 unspecified atom stereocenters. The Morgan fingerprint density at radius 3 is 2.92 bits per heavy atom. The third kappa shape index (κ3) is 2.71. The molecule has 66 valence electrons. The molecule has 3 nitrogen and oxygen atoms in total. The topological polar surface area (TPSA) is 50.2 Å². The minimum absolute atomic E-state index is 0.247. The van der Waals surface area contributed by atoms with Gasteiger partial charge in [0, 0.05) is 23.3 Å². The molecular weight excluding hydrogens is 174 g/mol. The van der Waals surface area contributed by atoms with Gasteiger partial charge in [-0.2, -0.15) is 0 Å². The molecule has 0 aliphatic carbocycles. The molecule has 0 bridgehead atoms. The minimum atomic E-state index is -0.986. The summed E-state index contributed by atoms with van der Waals surface area (Å²) in [4.78, 5) is 3.95. The molecule has 0 spiro atoms. The van der Waals surface area contributed by atoms with E-state index in [2.05, 4.69) is 4.98 Å². The van der Waals surface area contributed by atoms with Crippen molar-refractivity contribution in [3.8, 4) is 0 Å². The molecule has 12 heavy (non-hydrogen) atoms. The molecule has 4 heteroatoms. The molecular formula is C8H11NO2S. The Balaban J connectivity index is 2.65. The average molecular weight is 185 g/mol. The fourth-order valence-corrected chi connectivity index (χ4v) is 1.50. The predicted molar refractivity (Wildman–Crippen MR) is 48.1 cm³/mol. The number of hydrogen-bond donors (Lipinski definition) is 1. The lowest BCUT2D eigenvalue weighted by molar-refractivity contribution is 0.198. The number of aromatic nitrogens is 1. The lowest BCUT2D eigenvalue weighted by Gasteiger charge is -2.06. The lowest BCUT2D eigenvalue weighted by Crippen LogP contribution is -2.08. The van der Waals surface area contributed by atoms with Crippen LogP contribution in [0.15, 0.2) is 24.4 Å². The Morgan fingerprint density at radius 1 is 1.67 bits per heavy atom. The van der Waals surface area contributed by atoms with Crippen LogP contribution >= 0.6 is 0 Å². The smallest absolute Gasteiger partial charge is 0.107 e. The van der Waals surface area contributed by atoms with E-state index in [1.807, 2.05) is 0 Å². The summed E-state index contributed by atoms with van der Waals surface area (Å²) in [7, 11) is -0.986. The van der Waals surface area contributed by atoms with E-state index in [1.165, 1.54) is 0 Å². The van der Waals surface area contributed by atoms with Crippen LogP contribution in [0.5, 0.6) is 0 Å². The van der Waals surface area contributed by atoms with Crippen LogP contribution in [-0.4, -0.2) is 26.3 Å². The predicted octanol–water partition coefficient (Wildman–Crippen LogP) is 0.493. The van der Waals surface area contributed by atoms with Crippen molar-refractivity contribution in [2.45, 2.75) is 6.10 Å². The van der Waals surface area contributed by atoms with Crippen LogP contribution in [0.2, 0.25) is 0 Å². The Bertz CT molecular complexity index is 263. The average Bonchev–Trinajstić information content (AvgIpc) is 2.05. The molecule has 0 radical (unpaired) electrons. The summed E-state index contributed by atoms with van der Waals surface area (Å²) in [6.07, 6.45) is 2.46. The van der Waals surface area contributed by atoms with Crippen molar-refractivity contribution in [2.75, 3.05) is 12.0 Å². The molecule has 1 rings (SSSR count). The molecule has 0 amide bonds. The molecule has 0 aromatic carbocycles. The molecule has 0 saturated carbocycles. The zero-order valence-corrected chi connectivity index (χ0v) is 7.62. The Hall–Kier alpha value is -0.740. The van der Waals surface area contributed by atoms with Gasteiger partial charge in [0.2, 0.25) is 0 Å².